The second-order valence-electron chi connectivity index (χ2n) is 7.11. The van der Waals surface area contributed by atoms with E-state index in [4.69, 9.17) is 4.74 Å². The van der Waals surface area contributed by atoms with Crippen molar-refractivity contribution in [2.24, 2.45) is 0 Å². The molecular formula is C25H21F3NO3S-. The normalized spacial score (nSPS) is 11.1. The van der Waals surface area contributed by atoms with Gasteiger partial charge in [-0.3, -0.25) is 0 Å². The number of thioether (sulfide) groups is 1. The Morgan fingerprint density at radius 3 is 2.42 bits per heavy atom. The van der Waals surface area contributed by atoms with Crippen molar-refractivity contribution >= 4 is 23.8 Å². The lowest BCUT2D eigenvalue weighted by Crippen LogP contribution is -2.18. The number of carboxylic acids is 1. The molecule has 0 aliphatic heterocycles. The summed E-state index contributed by atoms with van der Waals surface area (Å²) in [6.07, 6.45) is 4.44. The van der Waals surface area contributed by atoms with Crippen LogP contribution >= 0.6 is 11.8 Å². The van der Waals surface area contributed by atoms with E-state index in [9.17, 15) is 23.1 Å². The third-order valence-corrected chi connectivity index (χ3v) is 5.75. The Kier molecular flexibility index (Phi) is 8.95. The van der Waals surface area contributed by atoms with Crippen LogP contribution in [-0.4, -0.2) is 17.6 Å². The number of carboxylic acid groups (broad SMARTS) is 1. The highest BCUT2D eigenvalue weighted by molar-refractivity contribution is 7.98. The van der Waals surface area contributed by atoms with Crippen LogP contribution in [0.25, 0.3) is 6.08 Å². The highest BCUT2D eigenvalue weighted by Gasteiger charge is 2.11. The van der Waals surface area contributed by atoms with Gasteiger partial charge in [0, 0.05) is 5.75 Å². The van der Waals surface area contributed by atoms with Crippen molar-refractivity contribution in [1.29, 1.82) is 0 Å². The highest BCUT2D eigenvalue weighted by atomic mass is 32.2. The van der Waals surface area contributed by atoms with Crippen molar-refractivity contribution in [2.75, 3.05) is 6.61 Å². The maximum absolute atomic E-state index is 13.8. The number of carbonyl (C=O) groups excluding carboxylic acids is 1. The second kappa shape index (κ2) is 12.1. The van der Waals surface area contributed by atoms with Gasteiger partial charge in [0.1, 0.15) is 28.9 Å². The Bertz CT molecular complexity index is 1100. The van der Waals surface area contributed by atoms with Crippen LogP contribution in [0, 0.1) is 17.5 Å². The molecule has 8 heteroatoms. The maximum atomic E-state index is 13.8. The fourth-order valence-corrected chi connectivity index (χ4v) is 3.87. The van der Waals surface area contributed by atoms with Gasteiger partial charge in [-0.25, -0.2) is 18.2 Å². The van der Waals surface area contributed by atoms with Crippen molar-refractivity contribution < 1.29 is 27.8 Å². The van der Waals surface area contributed by atoms with E-state index in [0.717, 1.165) is 42.7 Å². The predicted octanol–water partition coefficient (Wildman–Crippen LogP) is 4.96. The number of halogens is 3. The first-order valence-corrected chi connectivity index (χ1v) is 11.2. The molecule has 172 valence electrons. The van der Waals surface area contributed by atoms with E-state index < -0.39 is 17.6 Å². The molecule has 2 aromatic carbocycles. The van der Waals surface area contributed by atoms with Gasteiger partial charge in [0.25, 0.3) is 0 Å². The number of pyridine rings is 1. The van der Waals surface area contributed by atoms with Crippen LogP contribution in [0.5, 0.6) is 5.75 Å². The quantitative estimate of drug-likeness (QED) is 0.224. The maximum Gasteiger partial charge on any atom is 0.144 e. The summed E-state index contributed by atoms with van der Waals surface area (Å²) in [6.45, 7) is 0.379. The van der Waals surface area contributed by atoms with Gasteiger partial charge in [0.15, 0.2) is 0 Å². The molecule has 0 unspecified atom stereocenters. The standard InChI is InChI=1S/C25H22F3NO3S/c26-18-9-7-17(8-10-18)4-1-2-15-32-23-13-11-19(29-22(23)12-14-24(30)31)16-33-25-20(27)5-3-6-21(25)28/h3,5-14H,1-2,4,15-16H2,(H,30,31)/p-1/b14-12+. The number of hydrogen-bond acceptors (Lipinski definition) is 5. The van der Waals surface area contributed by atoms with Crippen LogP contribution in [0.15, 0.2) is 65.6 Å². The number of aryl methyl sites for hydroxylation is 1. The number of benzene rings is 2. The monoisotopic (exact) mass is 472 g/mol. The van der Waals surface area contributed by atoms with Crippen LogP contribution in [0.1, 0.15) is 29.8 Å². The minimum Gasteiger partial charge on any atom is -0.545 e. The summed E-state index contributed by atoms with van der Waals surface area (Å²) in [4.78, 5) is 15.1. The van der Waals surface area contributed by atoms with Crippen LogP contribution in [0.4, 0.5) is 13.2 Å². The van der Waals surface area contributed by atoms with Crippen LogP contribution in [-0.2, 0) is 17.0 Å². The van der Waals surface area contributed by atoms with Gasteiger partial charge >= 0.3 is 0 Å². The molecule has 0 saturated heterocycles. The molecule has 0 fully saturated rings. The van der Waals surface area contributed by atoms with E-state index in [-0.39, 0.29) is 22.2 Å². The van der Waals surface area contributed by atoms with Crippen molar-refractivity contribution in [2.45, 2.75) is 29.9 Å². The number of hydrogen-bond donors (Lipinski definition) is 0. The second-order valence-corrected chi connectivity index (χ2v) is 8.10. The number of aliphatic carboxylic acids is 1. The summed E-state index contributed by atoms with van der Waals surface area (Å²) in [5.74, 6) is -2.39. The van der Waals surface area contributed by atoms with Gasteiger partial charge < -0.3 is 14.6 Å². The molecule has 4 nitrogen and oxygen atoms in total. The Morgan fingerprint density at radius 2 is 1.73 bits per heavy atom. The summed E-state index contributed by atoms with van der Waals surface area (Å²) < 4.78 is 46.4. The van der Waals surface area contributed by atoms with Crippen molar-refractivity contribution in [3.63, 3.8) is 0 Å². The number of ether oxygens (including phenoxy) is 1. The smallest absolute Gasteiger partial charge is 0.144 e. The van der Waals surface area contributed by atoms with E-state index in [0.29, 0.717) is 18.1 Å². The molecule has 0 N–H and O–H groups in total. The molecule has 0 saturated carbocycles. The van der Waals surface area contributed by atoms with E-state index in [1.54, 1.807) is 24.3 Å². The van der Waals surface area contributed by atoms with Gasteiger partial charge in [-0.2, -0.15) is 0 Å². The van der Waals surface area contributed by atoms with E-state index in [1.807, 2.05) is 0 Å². The molecule has 0 bridgehead atoms. The minimum atomic E-state index is -1.38. The van der Waals surface area contributed by atoms with Crippen molar-refractivity contribution in [1.82, 2.24) is 4.98 Å². The molecular weight excluding hydrogens is 451 g/mol. The van der Waals surface area contributed by atoms with Crippen molar-refractivity contribution in [3.8, 4) is 5.75 Å². The molecule has 0 atom stereocenters. The zero-order chi connectivity index (χ0) is 23.6. The Balaban J connectivity index is 1.60. The number of nitrogens with zero attached hydrogens (tertiary/aromatic N) is 1. The van der Waals surface area contributed by atoms with E-state index >= 15 is 0 Å². The number of unbranched alkanes of at least 4 members (excludes halogenated alkanes) is 1. The lowest BCUT2D eigenvalue weighted by Gasteiger charge is -2.11. The molecule has 0 radical (unpaired) electrons. The first kappa shape index (κ1) is 24.4. The van der Waals surface area contributed by atoms with Crippen LogP contribution < -0.4 is 9.84 Å². The third-order valence-electron chi connectivity index (χ3n) is 4.63. The third kappa shape index (κ3) is 7.68. The van der Waals surface area contributed by atoms with Gasteiger partial charge in [-0.15, -0.1) is 11.8 Å². The lowest BCUT2D eigenvalue weighted by molar-refractivity contribution is -0.297. The highest BCUT2D eigenvalue weighted by Crippen LogP contribution is 2.29. The summed E-state index contributed by atoms with van der Waals surface area (Å²) in [5, 5.41) is 10.8. The van der Waals surface area contributed by atoms with Gasteiger partial charge in [0.05, 0.1) is 23.2 Å². The molecule has 0 amide bonds. The number of carbonyl (C=O) groups is 1. The van der Waals surface area contributed by atoms with Gasteiger partial charge in [-0.05, 0) is 73.4 Å². The molecule has 1 heterocycles. The van der Waals surface area contributed by atoms with Crippen LogP contribution in [0.2, 0.25) is 0 Å². The molecule has 3 aromatic rings. The van der Waals surface area contributed by atoms with Gasteiger partial charge in [0.2, 0.25) is 0 Å². The van der Waals surface area contributed by atoms with E-state index in [1.165, 1.54) is 36.4 Å². The Hall–Kier alpha value is -3.26. The minimum absolute atomic E-state index is 0.104. The first-order chi connectivity index (χ1) is 15.9. The lowest BCUT2D eigenvalue weighted by atomic mass is 10.1. The molecule has 33 heavy (non-hydrogen) atoms. The largest absolute Gasteiger partial charge is 0.545 e. The van der Waals surface area contributed by atoms with Crippen LogP contribution in [0.3, 0.4) is 0 Å². The average Bonchev–Trinajstić information content (AvgIpc) is 2.79. The molecule has 0 aliphatic carbocycles. The van der Waals surface area contributed by atoms with E-state index in [2.05, 4.69) is 4.98 Å². The van der Waals surface area contributed by atoms with Gasteiger partial charge in [-0.1, -0.05) is 18.2 Å². The zero-order valence-corrected chi connectivity index (χ0v) is 18.4. The topological polar surface area (TPSA) is 62.2 Å². The molecule has 0 aliphatic rings. The molecule has 1 aromatic heterocycles. The molecule has 0 spiro atoms. The zero-order valence-electron chi connectivity index (χ0n) is 17.6. The number of aromatic nitrogens is 1. The first-order valence-electron chi connectivity index (χ1n) is 10.3. The van der Waals surface area contributed by atoms with Crippen molar-refractivity contribution in [3.05, 3.63) is 95.1 Å². The molecule has 3 rings (SSSR count). The Morgan fingerprint density at radius 1 is 1.00 bits per heavy atom. The fraction of sp³-hybridized carbons (Fsp3) is 0.200. The summed E-state index contributed by atoms with van der Waals surface area (Å²) in [7, 11) is 0. The number of rotatable bonds is 11. The predicted molar refractivity (Wildman–Crippen MR) is 119 cm³/mol. The average molecular weight is 473 g/mol. The summed E-state index contributed by atoms with van der Waals surface area (Å²) in [5.41, 5.74) is 1.82. The Labute approximate surface area is 194 Å². The summed E-state index contributed by atoms with van der Waals surface area (Å²) >= 11 is 0.959. The summed E-state index contributed by atoms with van der Waals surface area (Å²) in [6, 6.07) is 13.3. The fourth-order valence-electron chi connectivity index (χ4n) is 3.00. The SMILES string of the molecule is O=C([O-])/C=C/c1nc(CSc2c(F)cccc2F)ccc1OCCCCc1ccc(F)cc1.